The zero-order valence-electron chi connectivity index (χ0n) is 11.0. The fourth-order valence-electron chi connectivity index (χ4n) is 2.30. The molecule has 1 aliphatic heterocycles. The Morgan fingerprint density at radius 1 is 1.45 bits per heavy atom. The maximum atomic E-state index is 11.9. The maximum Gasteiger partial charge on any atom is 0.249 e. The molecule has 2 heterocycles. The summed E-state index contributed by atoms with van der Waals surface area (Å²) in [4.78, 5) is 15.9. The minimum atomic E-state index is -0.298. The third kappa shape index (κ3) is 2.70. The molecule has 2 aromatic rings. The van der Waals surface area contributed by atoms with Crippen LogP contribution in [0.3, 0.4) is 0 Å². The average Bonchev–Trinajstić information content (AvgIpc) is 3.17. The lowest BCUT2D eigenvalue weighted by atomic mass is 10.1. The molecule has 6 nitrogen and oxygen atoms in total. The summed E-state index contributed by atoms with van der Waals surface area (Å²) in [6.45, 7) is 1.13. The van der Waals surface area contributed by atoms with Gasteiger partial charge in [-0.1, -0.05) is 18.2 Å². The number of amides is 1. The molecule has 6 heteroatoms. The van der Waals surface area contributed by atoms with E-state index in [1.54, 1.807) is 11.0 Å². The summed E-state index contributed by atoms with van der Waals surface area (Å²) < 4.78 is 7.05. The summed E-state index contributed by atoms with van der Waals surface area (Å²) in [5.74, 6) is -0.0455. The van der Waals surface area contributed by atoms with Gasteiger partial charge in [0.2, 0.25) is 5.91 Å². The minimum absolute atomic E-state index is 0.0455. The molecule has 0 radical (unpaired) electrons. The first-order valence-corrected chi connectivity index (χ1v) is 6.67. The number of carbonyl (C=O) groups excluding carboxylic acids is 1. The molecule has 1 unspecified atom stereocenters. The van der Waals surface area contributed by atoms with E-state index in [9.17, 15) is 4.79 Å². The number of nitrogens with one attached hydrogen (secondary N) is 1. The molecule has 0 aliphatic carbocycles. The maximum absolute atomic E-state index is 11.9. The van der Waals surface area contributed by atoms with Crippen molar-refractivity contribution in [3.8, 4) is 5.69 Å². The Bertz CT molecular complexity index is 577. The van der Waals surface area contributed by atoms with Crippen molar-refractivity contribution in [1.82, 2.24) is 20.1 Å². The summed E-state index contributed by atoms with van der Waals surface area (Å²) in [6.07, 6.45) is 4.58. The van der Waals surface area contributed by atoms with Gasteiger partial charge in [0.1, 0.15) is 18.8 Å². The van der Waals surface area contributed by atoms with Crippen LogP contribution >= 0.6 is 0 Å². The monoisotopic (exact) mass is 272 g/mol. The van der Waals surface area contributed by atoms with E-state index in [0.29, 0.717) is 13.2 Å². The van der Waals surface area contributed by atoms with Gasteiger partial charge in [-0.05, 0) is 24.5 Å². The quantitative estimate of drug-likeness (QED) is 0.903. The zero-order valence-corrected chi connectivity index (χ0v) is 11.0. The molecule has 1 amide bonds. The third-order valence-electron chi connectivity index (χ3n) is 3.33. The Morgan fingerprint density at radius 2 is 2.35 bits per heavy atom. The molecule has 0 bridgehead atoms. The summed E-state index contributed by atoms with van der Waals surface area (Å²) in [5.41, 5.74) is 1.90. The molecular weight excluding hydrogens is 256 g/mol. The smallest absolute Gasteiger partial charge is 0.249 e. The van der Waals surface area contributed by atoms with Crippen LogP contribution in [0.2, 0.25) is 0 Å². The van der Waals surface area contributed by atoms with E-state index >= 15 is 0 Å². The second-order valence-electron chi connectivity index (χ2n) is 4.69. The van der Waals surface area contributed by atoms with Gasteiger partial charge in [-0.25, -0.2) is 9.67 Å². The molecule has 104 valence electrons. The van der Waals surface area contributed by atoms with Gasteiger partial charge in [0.05, 0.1) is 5.69 Å². The van der Waals surface area contributed by atoms with Crippen molar-refractivity contribution >= 4 is 5.91 Å². The van der Waals surface area contributed by atoms with E-state index in [1.807, 2.05) is 24.3 Å². The van der Waals surface area contributed by atoms with Crippen LogP contribution < -0.4 is 5.32 Å². The van der Waals surface area contributed by atoms with E-state index in [4.69, 9.17) is 4.74 Å². The Morgan fingerprint density at radius 3 is 3.10 bits per heavy atom. The van der Waals surface area contributed by atoms with Crippen molar-refractivity contribution in [2.75, 3.05) is 6.61 Å². The molecule has 1 atom stereocenters. The highest BCUT2D eigenvalue weighted by Crippen LogP contribution is 2.14. The van der Waals surface area contributed by atoms with Crippen LogP contribution in [0.4, 0.5) is 0 Å². The predicted octanol–water partition coefficient (Wildman–Crippen LogP) is 1.06. The predicted molar refractivity (Wildman–Crippen MR) is 72.2 cm³/mol. The van der Waals surface area contributed by atoms with Crippen molar-refractivity contribution in [3.05, 3.63) is 42.5 Å². The van der Waals surface area contributed by atoms with Gasteiger partial charge in [0.25, 0.3) is 0 Å². The highest BCUT2D eigenvalue weighted by atomic mass is 16.5. The van der Waals surface area contributed by atoms with Gasteiger partial charge in [-0.15, -0.1) is 0 Å². The lowest BCUT2D eigenvalue weighted by Gasteiger charge is -2.12. The number of carbonyl (C=O) groups is 1. The van der Waals surface area contributed by atoms with E-state index in [-0.39, 0.29) is 12.0 Å². The number of hydrogen-bond donors (Lipinski definition) is 1. The summed E-state index contributed by atoms with van der Waals surface area (Å²) >= 11 is 0. The first-order valence-electron chi connectivity index (χ1n) is 6.67. The number of rotatable bonds is 4. The Balaban J connectivity index is 1.70. The minimum Gasteiger partial charge on any atom is -0.368 e. The van der Waals surface area contributed by atoms with Gasteiger partial charge in [0, 0.05) is 13.2 Å². The number of para-hydroxylation sites is 1. The second-order valence-corrected chi connectivity index (χ2v) is 4.69. The Kier molecular flexibility index (Phi) is 3.73. The molecule has 1 fully saturated rings. The van der Waals surface area contributed by atoms with Gasteiger partial charge >= 0.3 is 0 Å². The lowest BCUT2D eigenvalue weighted by molar-refractivity contribution is -0.130. The molecule has 1 aromatic heterocycles. The first kappa shape index (κ1) is 12.8. The topological polar surface area (TPSA) is 69.0 Å². The average molecular weight is 272 g/mol. The van der Waals surface area contributed by atoms with Gasteiger partial charge < -0.3 is 10.1 Å². The standard InChI is InChI=1S/C14H16N4O2/c19-14(13-6-3-7-20-13)16-8-11-4-1-2-5-12(11)18-10-15-9-17-18/h1-2,4-5,9-10,13H,3,6-8H2,(H,16,19). The lowest BCUT2D eigenvalue weighted by Crippen LogP contribution is -2.33. The number of ether oxygens (including phenoxy) is 1. The third-order valence-corrected chi connectivity index (χ3v) is 3.33. The molecule has 20 heavy (non-hydrogen) atoms. The summed E-state index contributed by atoms with van der Waals surface area (Å²) in [5, 5.41) is 7.04. The summed E-state index contributed by atoms with van der Waals surface area (Å²) in [6, 6.07) is 7.78. The normalized spacial score (nSPS) is 18.1. The highest BCUT2D eigenvalue weighted by molar-refractivity contribution is 5.81. The molecular formula is C14H16N4O2. The van der Waals surface area contributed by atoms with Crippen LogP contribution in [0.1, 0.15) is 18.4 Å². The van der Waals surface area contributed by atoms with E-state index < -0.39 is 0 Å². The zero-order chi connectivity index (χ0) is 13.8. The molecule has 1 saturated heterocycles. The molecule has 1 N–H and O–H groups in total. The van der Waals surface area contributed by atoms with Crippen LogP contribution in [-0.4, -0.2) is 33.4 Å². The fourth-order valence-corrected chi connectivity index (χ4v) is 2.30. The number of hydrogen-bond acceptors (Lipinski definition) is 4. The van der Waals surface area contributed by atoms with Crippen LogP contribution in [0.15, 0.2) is 36.9 Å². The van der Waals surface area contributed by atoms with Gasteiger partial charge in [-0.2, -0.15) is 5.10 Å². The van der Waals surface area contributed by atoms with E-state index in [2.05, 4.69) is 15.4 Å². The number of nitrogens with zero attached hydrogens (tertiary/aromatic N) is 3. The molecule has 1 aliphatic rings. The first-order chi connectivity index (χ1) is 9.84. The SMILES string of the molecule is O=C(NCc1ccccc1-n1cncn1)C1CCCO1. The van der Waals surface area contributed by atoms with Gasteiger partial charge in [-0.3, -0.25) is 4.79 Å². The van der Waals surface area contributed by atoms with Crippen LogP contribution in [0.25, 0.3) is 5.69 Å². The van der Waals surface area contributed by atoms with Crippen molar-refractivity contribution < 1.29 is 9.53 Å². The second kappa shape index (κ2) is 5.83. The van der Waals surface area contributed by atoms with Crippen molar-refractivity contribution in [2.45, 2.75) is 25.5 Å². The van der Waals surface area contributed by atoms with Crippen molar-refractivity contribution in [2.24, 2.45) is 0 Å². The van der Waals surface area contributed by atoms with Gasteiger partial charge in [0.15, 0.2) is 0 Å². The van der Waals surface area contributed by atoms with Crippen LogP contribution in [-0.2, 0) is 16.1 Å². The van der Waals surface area contributed by atoms with E-state index in [1.165, 1.54) is 6.33 Å². The van der Waals surface area contributed by atoms with Crippen LogP contribution in [0.5, 0.6) is 0 Å². The number of benzene rings is 1. The van der Waals surface area contributed by atoms with Crippen molar-refractivity contribution in [1.29, 1.82) is 0 Å². The molecule has 3 rings (SSSR count). The molecule has 1 aromatic carbocycles. The molecule has 0 spiro atoms. The molecule has 0 saturated carbocycles. The van der Waals surface area contributed by atoms with E-state index in [0.717, 1.165) is 24.1 Å². The summed E-state index contributed by atoms with van der Waals surface area (Å²) in [7, 11) is 0. The Labute approximate surface area is 116 Å². The Hall–Kier alpha value is -2.21. The fraction of sp³-hybridized carbons (Fsp3) is 0.357. The van der Waals surface area contributed by atoms with Crippen molar-refractivity contribution in [3.63, 3.8) is 0 Å². The van der Waals surface area contributed by atoms with Crippen LogP contribution in [0, 0.1) is 0 Å². The number of aromatic nitrogens is 3. The highest BCUT2D eigenvalue weighted by Gasteiger charge is 2.23. The largest absolute Gasteiger partial charge is 0.368 e.